The van der Waals surface area contributed by atoms with E-state index in [4.69, 9.17) is 4.74 Å². The van der Waals surface area contributed by atoms with Crippen LogP contribution in [0.2, 0.25) is 0 Å². The van der Waals surface area contributed by atoms with Gasteiger partial charge in [0.05, 0.1) is 0 Å². The van der Waals surface area contributed by atoms with Crippen LogP contribution in [0.15, 0.2) is 12.7 Å². The van der Waals surface area contributed by atoms with Gasteiger partial charge in [0, 0.05) is 18.9 Å². The molecule has 0 rings (SSSR count). The van der Waals surface area contributed by atoms with Crippen molar-refractivity contribution in [2.24, 2.45) is 0 Å². The van der Waals surface area contributed by atoms with Crippen LogP contribution in [0.1, 0.15) is 78.1 Å². The summed E-state index contributed by atoms with van der Waals surface area (Å²) in [6.07, 6.45) is 9.81. The van der Waals surface area contributed by atoms with Crippen LogP contribution in [0.5, 0.6) is 0 Å². The fourth-order valence-electron chi connectivity index (χ4n) is 2.06. The molecule has 0 radical (unpaired) electrons. The van der Waals surface area contributed by atoms with E-state index < -0.39 is 11.8 Å². The number of rotatable bonds is 12. The monoisotopic (exact) mass is 272 g/mol. The van der Waals surface area contributed by atoms with Crippen LogP contribution in [0.4, 0.5) is 4.39 Å². The van der Waals surface area contributed by atoms with Crippen molar-refractivity contribution in [3.63, 3.8) is 0 Å². The van der Waals surface area contributed by atoms with Gasteiger partial charge in [0.1, 0.15) is 0 Å². The second-order valence-corrected chi connectivity index (χ2v) is 5.13. The van der Waals surface area contributed by atoms with Crippen molar-refractivity contribution in [3.8, 4) is 0 Å². The summed E-state index contributed by atoms with van der Waals surface area (Å²) in [5.41, 5.74) is 0. The number of esters is 1. The zero-order chi connectivity index (χ0) is 14.6. The number of hydrogen-bond acceptors (Lipinski definition) is 2. The van der Waals surface area contributed by atoms with Crippen LogP contribution in [-0.2, 0) is 9.53 Å². The van der Waals surface area contributed by atoms with Gasteiger partial charge in [-0.05, 0) is 12.8 Å². The molecule has 0 heterocycles. The molecule has 0 N–H and O–H groups in total. The summed E-state index contributed by atoms with van der Waals surface area (Å²) in [5, 5.41) is 0. The number of ether oxygens (including phenoxy) is 1. The Labute approximate surface area is 117 Å². The molecule has 1 atom stereocenters. The topological polar surface area (TPSA) is 26.3 Å². The molecule has 0 aromatic carbocycles. The molecule has 0 spiro atoms. The molecule has 0 bridgehead atoms. The van der Waals surface area contributed by atoms with Gasteiger partial charge in [0.2, 0.25) is 0 Å². The first-order valence-electron chi connectivity index (χ1n) is 7.62. The summed E-state index contributed by atoms with van der Waals surface area (Å²) in [6, 6.07) is 0. The molecule has 19 heavy (non-hydrogen) atoms. The third kappa shape index (κ3) is 9.69. The Hall–Kier alpha value is -0.860. The maximum absolute atomic E-state index is 14.5. The van der Waals surface area contributed by atoms with Gasteiger partial charge in [-0.1, -0.05) is 59.0 Å². The molecule has 0 aliphatic rings. The van der Waals surface area contributed by atoms with Gasteiger partial charge in [0.15, 0.2) is 0 Å². The number of alkyl halides is 1. The minimum atomic E-state index is -1.80. The Morgan fingerprint density at radius 3 is 2.16 bits per heavy atom. The Morgan fingerprint density at radius 1 is 1.05 bits per heavy atom. The summed E-state index contributed by atoms with van der Waals surface area (Å²) in [6.45, 7) is 7.49. The Bertz CT molecular complexity index is 253. The highest BCUT2D eigenvalue weighted by molar-refractivity contribution is 5.81. The minimum Gasteiger partial charge on any atom is -0.425 e. The highest BCUT2D eigenvalue weighted by Gasteiger charge is 2.31. The first-order valence-corrected chi connectivity index (χ1v) is 7.62. The molecule has 0 aromatic heterocycles. The second-order valence-electron chi connectivity index (χ2n) is 5.13. The summed E-state index contributed by atoms with van der Waals surface area (Å²) < 4.78 is 19.4. The van der Waals surface area contributed by atoms with E-state index in [-0.39, 0.29) is 6.42 Å². The van der Waals surface area contributed by atoms with Crippen molar-refractivity contribution < 1.29 is 13.9 Å². The average molecular weight is 272 g/mol. The number of hydrogen-bond donors (Lipinski definition) is 0. The molecule has 3 heteroatoms. The van der Waals surface area contributed by atoms with E-state index in [9.17, 15) is 9.18 Å². The molecular weight excluding hydrogens is 243 g/mol. The molecule has 0 saturated heterocycles. The van der Waals surface area contributed by atoms with Crippen LogP contribution in [0.25, 0.3) is 0 Å². The first-order chi connectivity index (χ1) is 9.08. The van der Waals surface area contributed by atoms with E-state index in [1.54, 1.807) is 0 Å². The predicted octanol–water partition coefficient (Wildman–Crippen LogP) is 5.32. The number of carbonyl (C=O) groups excluding carboxylic acids is 1. The minimum absolute atomic E-state index is 0.290. The molecule has 0 saturated carbocycles. The quantitative estimate of drug-likeness (QED) is 0.273. The smallest absolute Gasteiger partial charge is 0.332 e. The third-order valence-corrected chi connectivity index (χ3v) is 3.26. The fourth-order valence-corrected chi connectivity index (χ4v) is 2.06. The predicted molar refractivity (Wildman–Crippen MR) is 77.6 cm³/mol. The van der Waals surface area contributed by atoms with E-state index in [0.717, 1.165) is 38.2 Å². The summed E-state index contributed by atoms with van der Waals surface area (Å²) >= 11 is 0. The lowest BCUT2D eigenvalue weighted by molar-refractivity contribution is -0.180. The highest BCUT2D eigenvalue weighted by atomic mass is 19.2. The SMILES string of the molecule is C=CC(=O)OC(F)(CCCC)CCCCCCCC. The number of halogens is 1. The van der Waals surface area contributed by atoms with Gasteiger partial charge < -0.3 is 4.74 Å². The highest BCUT2D eigenvalue weighted by Crippen LogP contribution is 2.28. The van der Waals surface area contributed by atoms with Crippen molar-refractivity contribution in [2.45, 2.75) is 83.9 Å². The van der Waals surface area contributed by atoms with E-state index in [0.29, 0.717) is 6.42 Å². The van der Waals surface area contributed by atoms with Gasteiger partial charge in [-0.3, -0.25) is 0 Å². The first kappa shape index (κ1) is 18.1. The van der Waals surface area contributed by atoms with Crippen LogP contribution in [-0.4, -0.2) is 11.8 Å². The molecule has 112 valence electrons. The van der Waals surface area contributed by atoms with Crippen molar-refractivity contribution in [1.29, 1.82) is 0 Å². The Morgan fingerprint density at radius 2 is 1.58 bits per heavy atom. The Balaban J connectivity index is 4.03. The number of carbonyl (C=O) groups is 1. The second kappa shape index (κ2) is 11.0. The lowest BCUT2D eigenvalue weighted by atomic mass is 10.0. The van der Waals surface area contributed by atoms with E-state index in [2.05, 4.69) is 13.5 Å². The van der Waals surface area contributed by atoms with Crippen molar-refractivity contribution in [3.05, 3.63) is 12.7 Å². The van der Waals surface area contributed by atoms with E-state index >= 15 is 0 Å². The lowest BCUT2D eigenvalue weighted by Gasteiger charge is -2.24. The molecule has 0 amide bonds. The van der Waals surface area contributed by atoms with E-state index in [1.807, 2.05) is 6.92 Å². The van der Waals surface area contributed by atoms with Gasteiger partial charge in [-0.25, -0.2) is 4.79 Å². The van der Waals surface area contributed by atoms with Crippen LogP contribution in [0, 0.1) is 0 Å². The van der Waals surface area contributed by atoms with Crippen LogP contribution >= 0.6 is 0 Å². The normalized spacial score (nSPS) is 13.8. The zero-order valence-corrected chi connectivity index (χ0v) is 12.5. The maximum atomic E-state index is 14.5. The van der Waals surface area contributed by atoms with Crippen molar-refractivity contribution >= 4 is 5.97 Å². The van der Waals surface area contributed by atoms with Gasteiger partial charge in [-0.15, -0.1) is 0 Å². The van der Waals surface area contributed by atoms with Crippen LogP contribution in [0.3, 0.4) is 0 Å². The molecule has 0 aliphatic carbocycles. The maximum Gasteiger partial charge on any atom is 0.332 e. The number of unbranched alkanes of at least 4 members (excludes halogenated alkanes) is 6. The summed E-state index contributed by atoms with van der Waals surface area (Å²) in [4.78, 5) is 11.2. The van der Waals surface area contributed by atoms with E-state index in [1.165, 1.54) is 19.3 Å². The molecular formula is C16H29FO2. The van der Waals surface area contributed by atoms with Gasteiger partial charge in [0.25, 0.3) is 5.85 Å². The Kier molecular flexibility index (Phi) is 10.5. The zero-order valence-electron chi connectivity index (χ0n) is 12.5. The van der Waals surface area contributed by atoms with Crippen molar-refractivity contribution in [2.75, 3.05) is 0 Å². The molecule has 1 unspecified atom stereocenters. The standard InChI is InChI=1S/C16H29FO2/c1-4-7-9-10-11-12-14-16(17,13-8-5-2)19-15(18)6-3/h6H,3-5,7-14H2,1-2H3. The molecule has 0 aliphatic heterocycles. The molecule has 2 nitrogen and oxygen atoms in total. The molecule has 0 fully saturated rings. The van der Waals surface area contributed by atoms with Crippen LogP contribution < -0.4 is 0 Å². The third-order valence-electron chi connectivity index (χ3n) is 3.26. The lowest BCUT2D eigenvalue weighted by Crippen LogP contribution is -2.29. The van der Waals surface area contributed by atoms with Gasteiger partial charge in [-0.2, -0.15) is 4.39 Å². The average Bonchev–Trinajstić information content (AvgIpc) is 2.40. The van der Waals surface area contributed by atoms with Crippen molar-refractivity contribution in [1.82, 2.24) is 0 Å². The molecule has 0 aromatic rings. The summed E-state index contributed by atoms with van der Waals surface area (Å²) in [5.74, 6) is -2.46. The van der Waals surface area contributed by atoms with Gasteiger partial charge >= 0.3 is 5.97 Å². The largest absolute Gasteiger partial charge is 0.425 e. The summed E-state index contributed by atoms with van der Waals surface area (Å²) in [7, 11) is 0. The fraction of sp³-hybridized carbons (Fsp3) is 0.812.